The molecule has 1 fully saturated rings. The Labute approximate surface area is 99.6 Å². The molecule has 1 aromatic rings. The Morgan fingerprint density at radius 1 is 1.59 bits per heavy atom. The minimum Gasteiger partial charge on any atom is -0.397 e. The topological polar surface area (TPSA) is 58.4 Å². The van der Waals surface area contributed by atoms with Crippen molar-refractivity contribution >= 4 is 17.3 Å². The number of nitrogens with zero attached hydrogens (tertiary/aromatic N) is 1. The first-order valence-corrected chi connectivity index (χ1v) is 5.62. The minimum atomic E-state index is -0.373. The third kappa shape index (κ3) is 3.09. The first-order valence-electron chi connectivity index (χ1n) is 5.62. The average molecular weight is 237 g/mol. The van der Waals surface area contributed by atoms with Crippen LogP contribution in [0, 0.1) is 5.82 Å². The molecule has 0 radical (unpaired) electrons. The maximum Gasteiger partial charge on any atom is 0.239 e. The van der Waals surface area contributed by atoms with Crippen molar-refractivity contribution in [3.8, 4) is 0 Å². The molecular formula is C12H16FN3O. The molecule has 1 aromatic carbocycles. The number of benzene rings is 1. The lowest BCUT2D eigenvalue weighted by atomic mass is 10.2. The van der Waals surface area contributed by atoms with Crippen LogP contribution < -0.4 is 16.0 Å². The maximum atomic E-state index is 12.9. The zero-order valence-electron chi connectivity index (χ0n) is 9.74. The van der Waals surface area contributed by atoms with Crippen molar-refractivity contribution in [2.45, 2.75) is 18.9 Å². The minimum absolute atomic E-state index is 0.0290. The Hall–Kier alpha value is -1.78. The van der Waals surface area contributed by atoms with Gasteiger partial charge in [0.2, 0.25) is 5.91 Å². The molecule has 92 valence electrons. The lowest BCUT2D eigenvalue weighted by molar-refractivity contribution is -0.119. The standard InChI is InChI=1S/C12H16FN3O/c1-16(7-12(17)15-9-3-4-9)11-5-2-8(13)6-10(11)14/h2,5-6,9H,3-4,7,14H2,1H3,(H,15,17). The highest BCUT2D eigenvalue weighted by Crippen LogP contribution is 2.23. The van der Waals surface area contributed by atoms with Crippen LogP contribution in [0.2, 0.25) is 0 Å². The molecule has 5 heteroatoms. The summed E-state index contributed by atoms with van der Waals surface area (Å²) in [5.74, 6) is -0.402. The lowest BCUT2D eigenvalue weighted by Gasteiger charge is -2.20. The number of hydrogen-bond donors (Lipinski definition) is 2. The third-order valence-electron chi connectivity index (χ3n) is 2.72. The monoisotopic (exact) mass is 237 g/mol. The van der Waals surface area contributed by atoms with Gasteiger partial charge in [0.05, 0.1) is 17.9 Å². The largest absolute Gasteiger partial charge is 0.397 e. The summed E-state index contributed by atoms with van der Waals surface area (Å²) in [5.41, 5.74) is 6.70. The molecule has 2 rings (SSSR count). The van der Waals surface area contributed by atoms with E-state index in [0.717, 1.165) is 12.8 Å². The van der Waals surface area contributed by atoms with Gasteiger partial charge in [0, 0.05) is 13.1 Å². The molecule has 0 aromatic heterocycles. The van der Waals surface area contributed by atoms with E-state index in [-0.39, 0.29) is 18.3 Å². The van der Waals surface area contributed by atoms with E-state index >= 15 is 0 Å². The Morgan fingerprint density at radius 2 is 2.29 bits per heavy atom. The Morgan fingerprint density at radius 3 is 2.88 bits per heavy atom. The van der Waals surface area contributed by atoms with E-state index in [1.807, 2.05) is 0 Å². The maximum absolute atomic E-state index is 12.9. The predicted octanol–water partition coefficient (Wildman–Crippen LogP) is 1.12. The zero-order valence-corrected chi connectivity index (χ0v) is 9.74. The van der Waals surface area contributed by atoms with E-state index in [9.17, 15) is 9.18 Å². The number of hydrogen-bond acceptors (Lipinski definition) is 3. The number of amides is 1. The van der Waals surface area contributed by atoms with Crippen LogP contribution in [-0.4, -0.2) is 25.5 Å². The molecule has 0 aliphatic heterocycles. The van der Waals surface area contributed by atoms with E-state index in [4.69, 9.17) is 5.73 Å². The van der Waals surface area contributed by atoms with E-state index < -0.39 is 0 Å². The lowest BCUT2D eigenvalue weighted by Crippen LogP contribution is -2.36. The summed E-state index contributed by atoms with van der Waals surface area (Å²) in [4.78, 5) is 13.3. The molecule has 0 bridgehead atoms. The fourth-order valence-corrected chi connectivity index (χ4v) is 1.67. The molecule has 0 heterocycles. The van der Waals surface area contributed by atoms with Crippen molar-refractivity contribution in [1.29, 1.82) is 0 Å². The SMILES string of the molecule is CN(CC(=O)NC1CC1)c1ccc(F)cc1N. The van der Waals surface area contributed by atoms with Crippen LogP contribution in [0.5, 0.6) is 0 Å². The van der Waals surface area contributed by atoms with Gasteiger partial charge in [0.15, 0.2) is 0 Å². The van der Waals surface area contributed by atoms with Gasteiger partial charge in [0.25, 0.3) is 0 Å². The van der Waals surface area contributed by atoms with Crippen molar-refractivity contribution in [1.82, 2.24) is 5.32 Å². The number of nitrogens with one attached hydrogen (secondary N) is 1. The summed E-state index contributed by atoms with van der Waals surface area (Å²) >= 11 is 0. The van der Waals surface area contributed by atoms with E-state index in [1.54, 1.807) is 18.0 Å². The van der Waals surface area contributed by atoms with Gasteiger partial charge in [-0.3, -0.25) is 4.79 Å². The highest BCUT2D eigenvalue weighted by Gasteiger charge is 2.23. The molecule has 0 spiro atoms. The van der Waals surface area contributed by atoms with E-state index in [2.05, 4.69) is 5.32 Å². The molecule has 1 aliphatic rings. The summed E-state index contributed by atoms with van der Waals surface area (Å²) in [5, 5.41) is 2.89. The van der Waals surface area contributed by atoms with Crippen LogP contribution in [0.25, 0.3) is 0 Å². The van der Waals surface area contributed by atoms with Crippen LogP contribution >= 0.6 is 0 Å². The first kappa shape index (κ1) is 11.7. The van der Waals surface area contributed by atoms with Crippen molar-refractivity contribution in [3.05, 3.63) is 24.0 Å². The van der Waals surface area contributed by atoms with Crippen LogP contribution in [0.15, 0.2) is 18.2 Å². The number of nitrogen functional groups attached to an aromatic ring is 1. The number of likely N-dealkylation sites (N-methyl/N-ethyl adjacent to an activating group) is 1. The number of carbonyl (C=O) groups is 1. The average Bonchev–Trinajstić information content (AvgIpc) is 3.00. The van der Waals surface area contributed by atoms with Crippen LogP contribution in [0.1, 0.15) is 12.8 Å². The molecule has 1 aliphatic carbocycles. The molecule has 0 unspecified atom stereocenters. The summed E-state index contributed by atoms with van der Waals surface area (Å²) in [7, 11) is 1.76. The third-order valence-corrected chi connectivity index (χ3v) is 2.72. The fraction of sp³-hybridized carbons (Fsp3) is 0.417. The highest BCUT2D eigenvalue weighted by molar-refractivity contribution is 5.83. The van der Waals surface area contributed by atoms with Gasteiger partial charge in [-0.1, -0.05) is 0 Å². The van der Waals surface area contributed by atoms with Gasteiger partial charge >= 0.3 is 0 Å². The molecule has 17 heavy (non-hydrogen) atoms. The summed E-state index contributed by atoms with van der Waals surface area (Å²) in [6.45, 7) is 0.229. The molecule has 3 N–H and O–H groups in total. The van der Waals surface area contributed by atoms with Gasteiger partial charge < -0.3 is 16.0 Å². The highest BCUT2D eigenvalue weighted by atomic mass is 19.1. The van der Waals surface area contributed by atoms with Crippen LogP contribution in [0.4, 0.5) is 15.8 Å². The Balaban J connectivity index is 1.97. The van der Waals surface area contributed by atoms with Crippen molar-refractivity contribution in [3.63, 3.8) is 0 Å². The van der Waals surface area contributed by atoms with Gasteiger partial charge in [-0.25, -0.2) is 4.39 Å². The Bertz CT molecular complexity index is 432. The summed E-state index contributed by atoms with van der Waals surface area (Å²) in [6.07, 6.45) is 2.13. The number of nitrogens with two attached hydrogens (primary N) is 1. The molecule has 0 saturated heterocycles. The number of carbonyl (C=O) groups excluding carboxylic acids is 1. The second-order valence-corrected chi connectivity index (χ2v) is 4.40. The molecule has 1 amide bonds. The summed E-state index contributed by atoms with van der Waals surface area (Å²) < 4.78 is 12.9. The van der Waals surface area contributed by atoms with E-state index in [0.29, 0.717) is 17.4 Å². The van der Waals surface area contributed by atoms with Crippen molar-refractivity contribution < 1.29 is 9.18 Å². The van der Waals surface area contributed by atoms with Gasteiger partial charge in [-0.05, 0) is 31.0 Å². The first-order chi connectivity index (χ1) is 8.06. The normalized spacial score (nSPS) is 14.5. The second-order valence-electron chi connectivity index (χ2n) is 4.40. The van der Waals surface area contributed by atoms with Gasteiger partial charge in [-0.2, -0.15) is 0 Å². The second kappa shape index (κ2) is 4.61. The summed E-state index contributed by atoms with van der Waals surface area (Å²) in [6, 6.07) is 4.52. The van der Waals surface area contributed by atoms with E-state index in [1.165, 1.54) is 12.1 Å². The molecule has 0 atom stereocenters. The number of rotatable bonds is 4. The van der Waals surface area contributed by atoms with Crippen LogP contribution in [0.3, 0.4) is 0 Å². The molecule has 1 saturated carbocycles. The quantitative estimate of drug-likeness (QED) is 0.772. The zero-order chi connectivity index (χ0) is 12.4. The van der Waals surface area contributed by atoms with Crippen molar-refractivity contribution in [2.24, 2.45) is 0 Å². The number of halogens is 1. The predicted molar refractivity (Wildman–Crippen MR) is 65.2 cm³/mol. The van der Waals surface area contributed by atoms with Crippen LogP contribution in [-0.2, 0) is 4.79 Å². The number of anilines is 2. The fourth-order valence-electron chi connectivity index (χ4n) is 1.67. The Kier molecular flexibility index (Phi) is 3.17. The van der Waals surface area contributed by atoms with Gasteiger partial charge in [-0.15, -0.1) is 0 Å². The van der Waals surface area contributed by atoms with Crippen molar-refractivity contribution in [2.75, 3.05) is 24.2 Å². The molecule has 4 nitrogen and oxygen atoms in total. The smallest absolute Gasteiger partial charge is 0.239 e. The molecular weight excluding hydrogens is 221 g/mol. The van der Waals surface area contributed by atoms with Gasteiger partial charge in [0.1, 0.15) is 5.82 Å².